The third-order valence-corrected chi connectivity index (χ3v) is 3.61. The average molecular weight is 378 g/mol. The maximum atomic E-state index is 11.8. The SMILES string of the molecule is COCc1nc(-c2ncccc2Cl)[nH]c(=O)c1I. The molecular formula is C11H9ClIN3O2. The van der Waals surface area contributed by atoms with E-state index in [9.17, 15) is 4.79 Å². The van der Waals surface area contributed by atoms with Crippen molar-refractivity contribution in [2.24, 2.45) is 0 Å². The standard InChI is InChI=1S/C11H9ClIN3O2/c1-18-5-7-8(13)11(17)16-10(15-7)9-6(12)3-2-4-14-9/h2-4H,5H2,1H3,(H,15,16,17). The summed E-state index contributed by atoms with van der Waals surface area (Å²) < 4.78 is 5.52. The largest absolute Gasteiger partial charge is 0.378 e. The Morgan fingerprint density at radius 3 is 3.00 bits per heavy atom. The number of ether oxygens (including phenoxy) is 1. The Kier molecular flexibility index (Phi) is 4.31. The van der Waals surface area contributed by atoms with Gasteiger partial charge in [-0.15, -0.1) is 0 Å². The van der Waals surface area contributed by atoms with Crippen molar-refractivity contribution in [3.05, 3.63) is 43.0 Å². The number of pyridine rings is 1. The summed E-state index contributed by atoms with van der Waals surface area (Å²) in [5, 5.41) is 0.435. The number of nitrogens with zero attached hydrogens (tertiary/aromatic N) is 2. The Balaban J connectivity index is 2.59. The molecule has 94 valence electrons. The van der Waals surface area contributed by atoms with E-state index in [0.29, 0.717) is 25.8 Å². The quantitative estimate of drug-likeness (QED) is 0.833. The molecular weight excluding hydrogens is 368 g/mol. The molecule has 0 fully saturated rings. The molecule has 0 spiro atoms. The van der Waals surface area contributed by atoms with Crippen LogP contribution in [0.1, 0.15) is 5.69 Å². The van der Waals surface area contributed by atoms with Gasteiger partial charge in [-0.25, -0.2) is 4.98 Å². The number of rotatable bonds is 3. The third-order valence-electron chi connectivity index (χ3n) is 2.20. The zero-order valence-corrected chi connectivity index (χ0v) is 12.3. The first-order valence-electron chi connectivity index (χ1n) is 5.02. The third kappa shape index (κ3) is 2.70. The normalized spacial score (nSPS) is 10.6. The van der Waals surface area contributed by atoms with Gasteiger partial charge in [-0.05, 0) is 34.7 Å². The van der Waals surface area contributed by atoms with Gasteiger partial charge < -0.3 is 9.72 Å². The van der Waals surface area contributed by atoms with Gasteiger partial charge in [0.15, 0.2) is 5.82 Å². The number of halogens is 2. The average Bonchev–Trinajstić information content (AvgIpc) is 2.35. The lowest BCUT2D eigenvalue weighted by Crippen LogP contribution is -2.17. The molecule has 0 aliphatic carbocycles. The van der Waals surface area contributed by atoms with Crippen LogP contribution in [0.25, 0.3) is 11.5 Å². The van der Waals surface area contributed by atoms with Crippen LogP contribution in [0, 0.1) is 3.57 Å². The summed E-state index contributed by atoms with van der Waals surface area (Å²) in [6.07, 6.45) is 1.59. The lowest BCUT2D eigenvalue weighted by Gasteiger charge is -2.06. The van der Waals surface area contributed by atoms with E-state index in [0.717, 1.165) is 0 Å². The van der Waals surface area contributed by atoms with Crippen molar-refractivity contribution in [3.8, 4) is 11.5 Å². The van der Waals surface area contributed by atoms with Crippen molar-refractivity contribution in [1.29, 1.82) is 0 Å². The number of H-pyrrole nitrogens is 1. The fraction of sp³-hybridized carbons (Fsp3) is 0.182. The molecule has 0 saturated carbocycles. The van der Waals surface area contributed by atoms with Crippen LogP contribution in [0.3, 0.4) is 0 Å². The summed E-state index contributed by atoms with van der Waals surface area (Å²) in [6, 6.07) is 3.41. The highest BCUT2D eigenvalue weighted by atomic mass is 127. The zero-order chi connectivity index (χ0) is 13.1. The van der Waals surface area contributed by atoms with Gasteiger partial charge in [0, 0.05) is 13.3 Å². The van der Waals surface area contributed by atoms with E-state index >= 15 is 0 Å². The summed E-state index contributed by atoms with van der Waals surface area (Å²) >= 11 is 7.96. The first kappa shape index (κ1) is 13.4. The molecule has 2 aromatic heterocycles. The molecule has 0 unspecified atom stereocenters. The van der Waals surface area contributed by atoms with Crippen LogP contribution < -0.4 is 5.56 Å². The van der Waals surface area contributed by atoms with Crippen molar-refractivity contribution < 1.29 is 4.74 Å². The van der Waals surface area contributed by atoms with Crippen LogP contribution >= 0.6 is 34.2 Å². The van der Waals surface area contributed by atoms with Crippen LogP contribution in [0.2, 0.25) is 5.02 Å². The van der Waals surface area contributed by atoms with Gasteiger partial charge in [0.05, 0.1) is 17.3 Å². The Bertz CT molecular complexity index is 630. The molecule has 2 heterocycles. The highest BCUT2D eigenvalue weighted by molar-refractivity contribution is 14.1. The van der Waals surface area contributed by atoms with Crippen molar-refractivity contribution in [2.75, 3.05) is 7.11 Å². The Hall–Kier alpha value is -0.990. The van der Waals surface area contributed by atoms with E-state index in [1.807, 2.05) is 22.6 Å². The fourth-order valence-corrected chi connectivity index (χ4v) is 2.03. The second-order valence-electron chi connectivity index (χ2n) is 3.44. The van der Waals surface area contributed by atoms with Crippen LogP contribution in [0.15, 0.2) is 23.1 Å². The number of methoxy groups -OCH3 is 1. The van der Waals surface area contributed by atoms with Crippen LogP contribution in [-0.2, 0) is 11.3 Å². The van der Waals surface area contributed by atoms with E-state index in [1.54, 1.807) is 25.4 Å². The highest BCUT2D eigenvalue weighted by Gasteiger charge is 2.12. The van der Waals surface area contributed by atoms with Crippen molar-refractivity contribution in [2.45, 2.75) is 6.61 Å². The van der Waals surface area contributed by atoms with Crippen LogP contribution in [0.5, 0.6) is 0 Å². The molecule has 0 aliphatic heterocycles. The number of hydrogen-bond acceptors (Lipinski definition) is 4. The molecule has 18 heavy (non-hydrogen) atoms. The minimum absolute atomic E-state index is 0.227. The lowest BCUT2D eigenvalue weighted by molar-refractivity contribution is 0.180. The predicted molar refractivity (Wildman–Crippen MR) is 76.5 cm³/mol. The molecule has 5 nitrogen and oxygen atoms in total. The van der Waals surface area contributed by atoms with E-state index < -0.39 is 0 Å². The van der Waals surface area contributed by atoms with E-state index in [4.69, 9.17) is 16.3 Å². The van der Waals surface area contributed by atoms with Crippen LogP contribution in [0.4, 0.5) is 0 Å². The maximum Gasteiger partial charge on any atom is 0.265 e. The first-order chi connectivity index (χ1) is 8.63. The van der Waals surface area contributed by atoms with Gasteiger partial charge in [-0.2, -0.15) is 0 Å². The summed E-state index contributed by atoms with van der Waals surface area (Å²) in [7, 11) is 1.55. The van der Waals surface area contributed by atoms with Crippen LogP contribution in [-0.4, -0.2) is 22.1 Å². The maximum absolute atomic E-state index is 11.8. The number of hydrogen-bond donors (Lipinski definition) is 1. The minimum Gasteiger partial charge on any atom is -0.378 e. The molecule has 0 aromatic carbocycles. The summed E-state index contributed by atoms with van der Waals surface area (Å²) in [5.41, 5.74) is 0.790. The molecule has 1 N–H and O–H groups in total. The lowest BCUT2D eigenvalue weighted by atomic mass is 10.3. The van der Waals surface area contributed by atoms with Gasteiger partial charge in [-0.1, -0.05) is 11.6 Å². The minimum atomic E-state index is -0.227. The fourth-order valence-electron chi connectivity index (χ4n) is 1.41. The number of aromatic amines is 1. The summed E-state index contributed by atoms with van der Waals surface area (Å²) in [5.74, 6) is 0.345. The van der Waals surface area contributed by atoms with Gasteiger partial charge in [0.1, 0.15) is 9.26 Å². The topological polar surface area (TPSA) is 67.9 Å². The van der Waals surface area contributed by atoms with Crippen molar-refractivity contribution in [1.82, 2.24) is 15.0 Å². The van der Waals surface area contributed by atoms with Gasteiger partial charge in [0.25, 0.3) is 5.56 Å². The number of nitrogens with one attached hydrogen (secondary N) is 1. The molecule has 0 radical (unpaired) electrons. The summed E-state index contributed by atoms with van der Waals surface area (Å²) in [6.45, 7) is 0.264. The second-order valence-corrected chi connectivity index (χ2v) is 4.93. The van der Waals surface area contributed by atoms with E-state index in [1.165, 1.54) is 0 Å². The molecule has 0 atom stereocenters. The smallest absolute Gasteiger partial charge is 0.265 e. The second kappa shape index (κ2) is 5.77. The van der Waals surface area contributed by atoms with Gasteiger partial charge in [0.2, 0.25) is 0 Å². The zero-order valence-electron chi connectivity index (χ0n) is 9.41. The molecule has 0 saturated heterocycles. The monoisotopic (exact) mass is 377 g/mol. The van der Waals surface area contributed by atoms with E-state index in [2.05, 4.69) is 15.0 Å². The highest BCUT2D eigenvalue weighted by Crippen LogP contribution is 2.21. The van der Waals surface area contributed by atoms with Gasteiger partial charge >= 0.3 is 0 Å². The van der Waals surface area contributed by atoms with Gasteiger partial charge in [-0.3, -0.25) is 9.78 Å². The van der Waals surface area contributed by atoms with Crippen molar-refractivity contribution in [3.63, 3.8) is 0 Å². The molecule has 7 heteroatoms. The Morgan fingerprint density at radius 2 is 2.33 bits per heavy atom. The van der Waals surface area contributed by atoms with Crippen molar-refractivity contribution >= 4 is 34.2 Å². The summed E-state index contributed by atoms with van der Waals surface area (Å²) in [4.78, 5) is 22.9. The molecule has 2 aromatic rings. The molecule has 0 bridgehead atoms. The molecule has 0 amide bonds. The molecule has 0 aliphatic rings. The Morgan fingerprint density at radius 1 is 1.56 bits per heavy atom. The first-order valence-corrected chi connectivity index (χ1v) is 6.47. The predicted octanol–water partition coefficient (Wildman–Crippen LogP) is 2.24. The Labute approximate surface area is 122 Å². The number of aromatic nitrogens is 3. The molecule has 2 rings (SSSR count). The van der Waals surface area contributed by atoms with E-state index in [-0.39, 0.29) is 12.2 Å².